The fraction of sp³-hybridized carbons (Fsp3) is 0.615. The lowest BCUT2D eigenvalue weighted by Crippen LogP contribution is -2.12. The maximum atomic E-state index is 11.6. The van der Waals surface area contributed by atoms with E-state index >= 15 is 0 Å². The van der Waals surface area contributed by atoms with Gasteiger partial charge >= 0.3 is 5.97 Å². The number of aromatic nitrogens is 1. The van der Waals surface area contributed by atoms with Gasteiger partial charge in [-0.1, -0.05) is 13.8 Å². The fourth-order valence-electron chi connectivity index (χ4n) is 1.67. The number of hydrogen-bond donors (Lipinski definition) is 0. The number of carbonyl (C=O) groups is 1. The van der Waals surface area contributed by atoms with Crippen molar-refractivity contribution in [3.63, 3.8) is 0 Å². The molecule has 0 atom stereocenters. The van der Waals surface area contributed by atoms with Crippen molar-refractivity contribution in [2.75, 3.05) is 6.61 Å². The number of nitrogens with zero attached hydrogens (tertiary/aromatic N) is 1. The molecule has 1 aromatic heterocycles. The Kier molecular flexibility index (Phi) is 5.09. The normalized spacial score (nSPS) is 10.8. The van der Waals surface area contributed by atoms with Crippen LogP contribution in [0.4, 0.5) is 0 Å². The van der Waals surface area contributed by atoms with Gasteiger partial charge in [0.1, 0.15) is 5.69 Å². The molecule has 16 heavy (non-hydrogen) atoms. The third-order valence-corrected chi connectivity index (χ3v) is 2.49. The molecule has 1 rings (SSSR count). The van der Waals surface area contributed by atoms with Gasteiger partial charge in [0.25, 0.3) is 0 Å². The summed E-state index contributed by atoms with van der Waals surface area (Å²) in [5.74, 6) is 0.485. The lowest BCUT2D eigenvalue weighted by molar-refractivity contribution is 0.0513. The molecule has 1 aromatic rings. The Bertz CT molecular complexity index is 328. The van der Waals surface area contributed by atoms with Crippen LogP contribution in [0.1, 0.15) is 44.1 Å². The summed E-state index contributed by atoms with van der Waals surface area (Å²) in [6.07, 6.45) is 4.21. The minimum atomic E-state index is -0.225. The Morgan fingerprint density at radius 1 is 1.50 bits per heavy atom. The van der Waals surface area contributed by atoms with Crippen molar-refractivity contribution in [1.29, 1.82) is 0 Å². The molecule has 0 saturated carbocycles. The van der Waals surface area contributed by atoms with Crippen molar-refractivity contribution in [1.82, 2.24) is 4.57 Å². The average molecular weight is 223 g/mol. The van der Waals surface area contributed by atoms with Crippen molar-refractivity contribution >= 4 is 5.97 Å². The highest BCUT2D eigenvalue weighted by Crippen LogP contribution is 2.09. The third-order valence-electron chi connectivity index (χ3n) is 2.49. The summed E-state index contributed by atoms with van der Waals surface area (Å²) in [7, 11) is 0. The van der Waals surface area contributed by atoms with Crippen molar-refractivity contribution < 1.29 is 9.53 Å². The molecule has 0 aliphatic heterocycles. The van der Waals surface area contributed by atoms with Gasteiger partial charge in [-0.25, -0.2) is 4.79 Å². The van der Waals surface area contributed by atoms with E-state index in [1.165, 1.54) is 6.42 Å². The lowest BCUT2D eigenvalue weighted by Gasteiger charge is -2.09. The summed E-state index contributed by atoms with van der Waals surface area (Å²) in [6, 6.07) is 3.70. The van der Waals surface area contributed by atoms with E-state index in [1.807, 2.05) is 29.8 Å². The van der Waals surface area contributed by atoms with Crippen LogP contribution in [0.15, 0.2) is 18.3 Å². The van der Waals surface area contributed by atoms with Crippen LogP contribution >= 0.6 is 0 Å². The molecule has 90 valence electrons. The zero-order valence-corrected chi connectivity index (χ0v) is 10.4. The Labute approximate surface area is 97.4 Å². The van der Waals surface area contributed by atoms with Crippen LogP contribution in [-0.4, -0.2) is 17.1 Å². The second kappa shape index (κ2) is 6.36. The van der Waals surface area contributed by atoms with Crippen molar-refractivity contribution in [3.05, 3.63) is 24.0 Å². The largest absolute Gasteiger partial charge is 0.461 e. The van der Waals surface area contributed by atoms with Crippen molar-refractivity contribution in [2.24, 2.45) is 5.92 Å². The Morgan fingerprint density at radius 3 is 2.88 bits per heavy atom. The minimum absolute atomic E-state index is 0.225. The minimum Gasteiger partial charge on any atom is -0.461 e. The van der Waals surface area contributed by atoms with Crippen LogP contribution in [0, 0.1) is 5.92 Å². The molecule has 0 saturated heterocycles. The van der Waals surface area contributed by atoms with Crippen LogP contribution < -0.4 is 0 Å². The van der Waals surface area contributed by atoms with Gasteiger partial charge in [0, 0.05) is 12.7 Å². The lowest BCUT2D eigenvalue weighted by atomic mass is 10.1. The summed E-state index contributed by atoms with van der Waals surface area (Å²) in [5, 5.41) is 0. The predicted molar refractivity (Wildman–Crippen MR) is 64.5 cm³/mol. The van der Waals surface area contributed by atoms with Gasteiger partial charge in [-0.05, 0) is 37.8 Å². The molecule has 3 nitrogen and oxygen atoms in total. The van der Waals surface area contributed by atoms with Crippen LogP contribution in [-0.2, 0) is 11.3 Å². The van der Waals surface area contributed by atoms with E-state index in [0.29, 0.717) is 18.2 Å². The molecule has 0 fully saturated rings. The van der Waals surface area contributed by atoms with Gasteiger partial charge in [0.05, 0.1) is 6.61 Å². The van der Waals surface area contributed by atoms with Gasteiger partial charge < -0.3 is 9.30 Å². The molecule has 0 bridgehead atoms. The zero-order chi connectivity index (χ0) is 12.0. The highest BCUT2D eigenvalue weighted by Gasteiger charge is 2.10. The average Bonchev–Trinajstić information content (AvgIpc) is 2.66. The topological polar surface area (TPSA) is 31.2 Å². The zero-order valence-electron chi connectivity index (χ0n) is 10.4. The predicted octanol–water partition coefficient (Wildman–Crippen LogP) is 3.10. The second-order valence-corrected chi connectivity index (χ2v) is 4.34. The standard InChI is InChI=1S/C13H21NO2/c1-4-16-13(15)12-8-6-10-14(12)9-5-7-11(2)3/h6,8,10-11H,4-5,7,9H2,1-3H3. The first-order valence-corrected chi connectivity index (χ1v) is 5.97. The summed E-state index contributed by atoms with van der Waals surface area (Å²) >= 11 is 0. The summed E-state index contributed by atoms with van der Waals surface area (Å²) in [4.78, 5) is 11.6. The third kappa shape index (κ3) is 3.72. The first kappa shape index (κ1) is 12.8. The molecule has 0 N–H and O–H groups in total. The number of aryl methyl sites for hydroxylation is 1. The molecule has 0 aromatic carbocycles. The fourth-order valence-corrected chi connectivity index (χ4v) is 1.67. The van der Waals surface area contributed by atoms with E-state index in [-0.39, 0.29) is 5.97 Å². The number of esters is 1. The van der Waals surface area contributed by atoms with Gasteiger partial charge in [-0.15, -0.1) is 0 Å². The monoisotopic (exact) mass is 223 g/mol. The first-order chi connectivity index (χ1) is 7.65. The van der Waals surface area contributed by atoms with Crippen molar-refractivity contribution in [2.45, 2.75) is 40.2 Å². The number of rotatable bonds is 6. The van der Waals surface area contributed by atoms with Crippen LogP contribution in [0.2, 0.25) is 0 Å². The maximum Gasteiger partial charge on any atom is 0.354 e. The van der Waals surface area contributed by atoms with E-state index in [2.05, 4.69) is 13.8 Å². The number of ether oxygens (including phenoxy) is 1. The highest BCUT2D eigenvalue weighted by molar-refractivity contribution is 5.87. The van der Waals surface area contributed by atoms with E-state index in [1.54, 1.807) is 0 Å². The van der Waals surface area contributed by atoms with Gasteiger partial charge in [-0.3, -0.25) is 0 Å². The summed E-state index contributed by atoms with van der Waals surface area (Å²) < 4.78 is 6.97. The summed E-state index contributed by atoms with van der Waals surface area (Å²) in [5.41, 5.74) is 0.658. The van der Waals surface area contributed by atoms with Gasteiger partial charge in [-0.2, -0.15) is 0 Å². The molecule has 0 spiro atoms. The van der Waals surface area contributed by atoms with E-state index in [0.717, 1.165) is 13.0 Å². The smallest absolute Gasteiger partial charge is 0.354 e. The quantitative estimate of drug-likeness (QED) is 0.694. The number of hydrogen-bond acceptors (Lipinski definition) is 2. The van der Waals surface area contributed by atoms with Gasteiger partial charge in [0.15, 0.2) is 0 Å². The molecule has 1 heterocycles. The molecule has 0 aliphatic rings. The number of carbonyl (C=O) groups excluding carboxylic acids is 1. The first-order valence-electron chi connectivity index (χ1n) is 5.97. The second-order valence-electron chi connectivity index (χ2n) is 4.34. The van der Waals surface area contributed by atoms with E-state index in [4.69, 9.17) is 4.74 Å². The molecule has 0 radical (unpaired) electrons. The van der Waals surface area contributed by atoms with Crippen LogP contribution in [0.25, 0.3) is 0 Å². The molecular weight excluding hydrogens is 202 g/mol. The summed E-state index contributed by atoms with van der Waals surface area (Å²) in [6.45, 7) is 7.56. The Balaban J connectivity index is 2.53. The maximum absolute atomic E-state index is 11.6. The molecule has 0 unspecified atom stereocenters. The van der Waals surface area contributed by atoms with Crippen LogP contribution in [0.3, 0.4) is 0 Å². The van der Waals surface area contributed by atoms with Crippen LogP contribution in [0.5, 0.6) is 0 Å². The molecule has 0 amide bonds. The highest BCUT2D eigenvalue weighted by atomic mass is 16.5. The SMILES string of the molecule is CCOC(=O)c1cccn1CCCC(C)C. The molecule has 0 aliphatic carbocycles. The molecule has 3 heteroatoms. The van der Waals surface area contributed by atoms with E-state index < -0.39 is 0 Å². The Hall–Kier alpha value is -1.25. The van der Waals surface area contributed by atoms with E-state index in [9.17, 15) is 4.79 Å². The molecular formula is C13H21NO2. The Morgan fingerprint density at radius 2 is 2.25 bits per heavy atom. The van der Waals surface area contributed by atoms with Gasteiger partial charge in [0.2, 0.25) is 0 Å². The van der Waals surface area contributed by atoms with Crippen molar-refractivity contribution in [3.8, 4) is 0 Å².